The summed E-state index contributed by atoms with van der Waals surface area (Å²) < 4.78 is 10.9. The molecule has 1 aromatic carbocycles. The normalized spacial score (nSPS) is 15.0. The molecule has 1 heterocycles. The van der Waals surface area contributed by atoms with E-state index in [9.17, 15) is 0 Å². The molecule has 0 unspecified atom stereocenters. The van der Waals surface area contributed by atoms with Crippen LogP contribution in [0.2, 0.25) is 5.02 Å². The average molecular weight is 215 g/mol. The number of fused-ring (bicyclic) bond motifs is 1. The molecule has 0 aromatic heterocycles. The van der Waals surface area contributed by atoms with Crippen LogP contribution in [0.1, 0.15) is 12.0 Å². The minimum atomic E-state index is -0.0878. The van der Waals surface area contributed by atoms with Crippen LogP contribution in [-0.4, -0.2) is 18.3 Å². The summed E-state index contributed by atoms with van der Waals surface area (Å²) in [6.07, 6.45) is 0.847. The molecule has 76 valence electrons. The molecule has 0 aliphatic carbocycles. The van der Waals surface area contributed by atoms with Gasteiger partial charge in [0.1, 0.15) is 0 Å². The summed E-state index contributed by atoms with van der Waals surface area (Å²) in [4.78, 5) is 0. The van der Waals surface area contributed by atoms with Crippen molar-refractivity contribution in [3.05, 3.63) is 22.7 Å². The van der Waals surface area contributed by atoms with Gasteiger partial charge in [-0.25, -0.2) is 0 Å². The van der Waals surface area contributed by atoms with Crippen molar-refractivity contribution in [2.45, 2.75) is 13.0 Å². The first-order chi connectivity index (χ1) is 6.83. The quantitative estimate of drug-likeness (QED) is 0.777. The summed E-state index contributed by atoms with van der Waals surface area (Å²) in [6, 6.07) is 3.52. The highest BCUT2D eigenvalue weighted by atomic mass is 35.5. The molecule has 0 saturated heterocycles. The first-order valence-corrected chi connectivity index (χ1v) is 4.88. The van der Waals surface area contributed by atoms with Crippen LogP contribution in [0.3, 0.4) is 0 Å². The fourth-order valence-corrected chi connectivity index (χ4v) is 1.64. The third-order valence-corrected chi connectivity index (χ3v) is 2.52. The van der Waals surface area contributed by atoms with Crippen molar-refractivity contribution in [2.75, 3.05) is 13.2 Å². The van der Waals surface area contributed by atoms with Gasteiger partial charge in [-0.1, -0.05) is 17.7 Å². The molecule has 1 aromatic rings. The van der Waals surface area contributed by atoms with E-state index in [0.717, 1.165) is 6.42 Å². The first-order valence-electron chi connectivity index (χ1n) is 4.51. The molecule has 0 spiro atoms. The molecule has 0 bridgehead atoms. The van der Waals surface area contributed by atoms with Crippen LogP contribution in [0, 0.1) is 0 Å². The zero-order valence-corrected chi connectivity index (χ0v) is 8.38. The number of halogens is 1. The Labute approximate surface area is 87.2 Å². The molecular formula is C10H11ClO3. The second kappa shape index (κ2) is 4.07. The molecule has 1 N–H and O–H groups in total. The van der Waals surface area contributed by atoms with Crippen LogP contribution in [0.5, 0.6) is 11.5 Å². The number of aliphatic hydroxyl groups is 1. The zero-order valence-electron chi connectivity index (χ0n) is 7.62. The van der Waals surface area contributed by atoms with Crippen LogP contribution < -0.4 is 9.47 Å². The number of benzene rings is 1. The highest BCUT2D eigenvalue weighted by Gasteiger charge is 2.16. The summed E-state index contributed by atoms with van der Waals surface area (Å²) in [5.41, 5.74) is 0.663. The fourth-order valence-electron chi connectivity index (χ4n) is 1.36. The molecule has 4 heteroatoms. The smallest absolute Gasteiger partial charge is 0.180 e. The molecule has 0 saturated carbocycles. The Hall–Kier alpha value is -0.930. The number of hydrogen-bond donors (Lipinski definition) is 1. The average Bonchev–Trinajstić information content (AvgIpc) is 2.44. The third-order valence-electron chi connectivity index (χ3n) is 2.10. The van der Waals surface area contributed by atoms with Crippen molar-refractivity contribution in [2.24, 2.45) is 0 Å². The molecule has 1 aliphatic heterocycles. The number of ether oxygens (including phenoxy) is 2. The minimum Gasteiger partial charge on any atom is -0.490 e. The highest BCUT2D eigenvalue weighted by molar-refractivity contribution is 6.33. The standard InChI is InChI=1S/C10H11ClO3/c11-9-7(6-12)2-3-8-10(9)14-5-1-4-13-8/h2-3,12H,1,4-6H2. The SMILES string of the molecule is OCc1ccc2c(c1Cl)OCCCO2. The van der Waals surface area contributed by atoms with Gasteiger partial charge in [-0.2, -0.15) is 0 Å². The maximum absolute atomic E-state index is 9.01. The van der Waals surface area contributed by atoms with E-state index in [1.165, 1.54) is 0 Å². The van der Waals surface area contributed by atoms with E-state index >= 15 is 0 Å². The van der Waals surface area contributed by atoms with Crippen LogP contribution in [-0.2, 0) is 6.61 Å². The molecule has 0 amide bonds. The van der Waals surface area contributed by atoms with Gasteiger partial charge in [0.15, 0.2) is 11.5 Å². The molecule has 2 rings (SSSR count). The van der Waals surface area contributed by atoms with Crippen molar-refractivity contribution >= 4 is 11.6 Å². The van der Waals surface area contributed by atoms with Gasteiger partial charge >= 0.3 is 0 Å². The largest absolute Gasteiger partial charge is 0.490 e. The van der Waals surface area contributed by atoms with Gasteiger partial charge in [0.2, 0.25) is 0 Å². The van der Waals surface area contributed by atoms with Crippen molar-refractivity contribution in [3.8, 4) is 11.5 Å². The second-order valence-electron chi connectivity index (χ2n) is 3.07. The van der Waals surface area contributed by atoms with E-state index in [1.54, 1.807) is 12.1 Å². The van der Waals surface area contributed by atoms with E-state index in [1.807, 2.05) is 0 Å². The van der Waals surface area contributed by atoms with Crippen molar-refractivity contribution in [1.29, 1.82) is 0 Å². The van der Waals surface area contributed by atoms with Gasteiger partial charge in [-0.05, 0) is 6.07 Å². The van der Waals surface area contributed by atoms with Crippen LogP contribution in [0.15, 0.2) is 12.1 Å². The monoisotopic (exact) mass is 214 g/mol. The highest BCUT2D eigenvalue weighted by Crippen LogP contribution is 2.38. The van der Waals surface area contributed by atoms with Gasteiger partial charge in [0, 0.05) is 12.0 Å². The van der Waals surface area contributed by atoms with E-state index in [0.29, 0.717) is 35.3 Å². The van der Waals surface area contributed by atoms with Crippen LogP contribution >= 0.6 is 11.6 Å². The number of hydrogen-bond acceptors (Lipinski definition) is 3. The predicted octanol–water partition coefficient (Wildman–Crippen LogP) is 1.99. The molecule has 14 heavy (non-hydrogen) atoms. The Balaban J connectivity index is 2.44. The summed E-state index contributed by atoms with van der Waals surface area (Å²) >= 11 is 6.03. The Morgan fingerprint density at radius 2 is 2.07 bits per heavy atom. The molecule has 3 nitrogen and oxygen atoms in total. The van der Waals surface area contributed by atoms with Gasteiger partial charge in [-0.3, -0.25) is 0 Å². The van der Waals surface area contributed by atoms with E-state index in [4.69, 9.17) is 26.2 Å². The second-order valence-corrected chi connectivity index (χ2v) is 3.45. The maximum atomic E-state index is 9.01. The van der Waals surface area contributed by atoms with E-state index in [2.05, 4.69) is 0 Å². The Morgan fingerprint density at radius 1 is 1.29 bits per heavy atom. The lowest BCUT2D eigenvalue weighted by Gasteiger charge is -2.10. The van der Waals surface area contributed by atoms with Gasteiger partial charge in [-0.15, -0.1) is 0 Å². The molecule has 0 atom stereocenters. The Kier molecular flexibility index (Phi) is 2.79. The maximum Gasteiger partial charge on any atom is 0.180 e. The topological polar surface area (TPSA) is 38.7 Å². The molecule has 1 aliphatic rings. The van der Waals surface area contributed by atoms with Gasteiger partial charge < -0.3 is 14.6 Å². The lowest BCUT2D eigenvalue weighted by Crippen LogP contribution is -1.97. The Morgan fingerprint density at radius 3 is 2.86 bits per heavy atom. The van der Waals surface area contributed by atoms with Gasteiger partial charge in [0.25, 0.3) is 0 Å². The van der Waals surface area contributed by atoms with Crippen molar-refractivity contribution in [3.63, 3.8) is 0 Å². The minimum absolute atomic E-state index is 0.0878. The van der Waals surface area contributed by atoms with Crippen LogP contribution in [0.25, 0.3) is 0 Å². The summed E-state index contributed by atoms with van der Waals surface area (Å²) in [5.74, 6) is 1.21. The first kappa shape index (κ1) is 9.62. The van der Waals surface area contributed by atoms with Gasteiger partial charge in [0.05, 0.1) is 24.8 Å². The number of rotatable bonds is 1. The predicted molar refractivity (Wildman–Crippen MR) is 53.0 cm³/mol. The lowest BCUT2D eigenvalue weighted by atomic mass is 10.2. The molecule has 0 fully saturated rings. The van der Waals surface area contributed by atoms with Crippen molar-refractivity contribution in [1.82, 2.24) is 0 Å². The van der Waals surface area contributed by atoms with E-state index < -0.39 is 0 Å². The zero-order chi connectivity index (χ0) is 9.97. The summed E-state index contributed by atoms with van der Waals surface area (Å²) in [6.45, 7) is 1.15. The molecule has 0 radical (unpaired) electrons. The Bertz CT molecular complexity index is 338. The van der Waals surface area contributed by atoms with Crippen molar-refractivity contribution < 1.29 is 14.6 Å². The third kappa shape index (κ3) is 1.65. The summed E-state index contributed by atoms with van der Waals surface area (Å²) in [5, 5.41) is 9.46. The molecular weight excluding hydrogens is 204 g/mol. The van der Waals surface area contributed by atoms with E-state index in [-0.39, 0.29) is 6.61 Å². The fraction of sp³-hybridized carbons (Fsp3) is 0.400. The van der Waals surface area contributed by atoms with Crippen LogP contribution in [0.4, 0.5) is 0 Å². The lowest BCUT2D eigenvalue weighted by molar-refractivity contribution is 0.279. The number of aliphatic hydroxyl groups excluding tert-OH is 1. The summed E-state index contributed by atoms with van der Waals surface area (Å²) in [7, 11) is 0.